The summed E-state index contributed by atoms with van der Waals surface area (Å²) in [5, 5.41) is 0. The molecule has 0 aliphatic heterocycles. The maximum atomic E-state index is 10.0. The quantitative estimate of drug-likeness (QED) is 0.376. The van der Waals surface area contributed by atoms with Crippen molar-refractivity contribution in [2.45, 2.75) is 12.8 Å². The molecular formula is C4H8Cl2O2S. The first-order chi connectivity index (χ1) is 4.27. The van der Waals surface area contributed by atoms with E-state index in [4.69, 9.17) is 22.3 Å². The third-order valence-electron chi connectivity index (χ3n) is 0.704. The van der Waals surface area contributed by atoms with Crippen molar-refractivity contribution in [3.63, 3.8) is 0 Å². The standard InChI is InChI=1S/C4H8Cl2O2S/c5-3-1-2-4-8-9(6)7/h1-4H2. The second-order valence-electron chi connectivity index (χ2n) is 1.41. The molecular weight excluding hydrogens is 183 g/mol. The first kappa shape index (κ1) is 9.69. The van der Waals surface area contributed by atoms with Crippen LogP contribution in [0.3, 0.4) is 0 Å². The third kappa shape index (κ3) is 8.69. The van der Waals surface area contributed by atoms with Crippen LogP contribution in [0.1, 0.15) is 12.8 Å². The Bertz CT molecular complexity index is 88.6. The SMILES string of the molecule is O=S(Cl)OCCCCCl. The van der Waals surface area contributed by atoms with E-state index in [1.165, 1.54) is 0 Å². The molecule has 0 rings (SSSR count). The number of hydrogen-bond donors (Lipinski definition) is 0. The van der Waals surface area contributed by atoms with Crippen molar-refractivity contribution in [1.29, 1.82) is 0 Å². The zero-order chi connectivity index (χ0) is 7.11. The number of alkyl halides is 1. The van der Waals surface area contributed by atoms with Crippen molar-refractivity contribution in [3.8, 4) is 0 Å². The maximum absolute atomic E-state index is 10.0. The van der Waals surface area contributed by atoms with Crippen LogP contribution in [0.25, 0.3) is 0 Å². The van der Waals surface area contributed by atoms with E-state index in [-0.39, 0.29) is 0 Å². The molecule has 0 aromatic carbocycles. The van der Waals surface area contributed by atoms with Crippen molar-refractivity contribution in [2.24, 2.45) is 0 Å². The van der Waals surface area contributed by atoms with Crippen LogP contribution in [0, 0.1) is 0 Å². The molecule has 9 heavy (non-hydrogen) atoms. The fourth-order valence-corrected chi connectivity index (χ4v) is 0.948. The third-order valence-corrected chi connectivity index (χ3v) is 1.59. The van der Waals surface area contributed by atoms with Crippen molar-refractivity contribution in [1.82, 2.24) is 0 Å². The molecule has 0 heterocycles. The van der Waals surface area contributed by atoms with Gasteiger partial charge in [0, 0.05) is 16.6 Å². The van der Waals surface area contributed by atoms with Gasteiger partial charge in [0.1, 0.15) is 0 Å². The number of halogens is 2. The average Bonchev–Trinajstić information content (AvgIpc) is 1.80. The van der Waals surface area contributed by atoms with E-state index in [0.717, 1.165) is 12.8 Å². The Balaban J connectivity index is 2.83. The van der Waals surface area contributed by atoms with Gasteiger partial charge >= 0.3 is 0 Å². The van der Waals surface area contributed by atoms with Gasteiger partial charge in [-0.1, -0.05) is 0 Å². The van der Waals surface area contributed by atoms with E-state index in [1.54, 1.807) is 0 Å². The van der Waals surface area contributed by atoms with Gasteiger partial charge in [0.2, 0.25) is 0 Å². The molecule has 0 fully saturated rings. The summed E-state index contributed by atoms with van der Waals surface area (Å²) in [4.78, 5) is 0. The smallest absolute Gasteiger partial charge is 0.255 e. The van der Waals surface area contributed by atoms with Crippen molar-refractivity contribution < 1.29 is 8.39 Å². The van der Waals surface area contributed by atoms with Crippen molar-refractivity contribution in [3.05, 3.63) is 0 Å². The van der Waals surface area contributed by atoms with E-state index in [0.29, 0.717) is 12.5 Å². The van der Waals surface area contributed by atoms with Crippen LogP contribution < -0.4 is 0 Å². The molecule has 0 aromatic heterocycles. The lowest BCUT2D eigenvalue weighted by molar-refractivity contribution is 0.346. The summed E-state index contributed by atoms with van der Waals surface area (Å²) in [6.07, 6.45) is 1.68. The molecule has 56 valence electrons. The summed E-state index contributed by atoms with van der Waals surface area (Å²) in [7, 11) is 3.33. The topological polar surface area (TPSA) is 26.3 Å². The van der Waals surface area contributed by atoms with Gasteiger partial charge in [0.15, 0.2) is 0 Å². The average molecular weight is 191 g/mol. The molecule has 0 saturated carbocycles. The minimum absolute atomic E-state index is 0.419. The Hall–Kier alpha value is 0.690. The van der Waals surface area contributed by atoms with Crippen LogP contribution in [-0.4, -0.2) is 16.7 Å². The molecule has 1 atom stereocenters. The van der Waals surface area contributed by atoms with Gasteiger partial charge in [0.25, 0.3) is 10.3 Å². The van der Waals surface area contributed by atoms with E-state index in [2.05, 4.69) is 4.18 Å². The van der Waals surface area contributed by atoms with Crippen molar-refractivity contribution >= 4 is 32.6 Å². The predicted molar refractivity (Wildman–Crippen MR) is 39.9 cm³/mol. The molecule has 0 aliphatic carbocycles. The van der Waals surface area contributed by atoms with Crippen LogP contribution in [0.2, 0.25) is 0 Å². The van der Waals surface area contributed by atoms with Gasteiger partial charge in [-0.05, 0) is 12.8 Å². The van der Waals surface area contributed by atoms with Gasteiger partial charge in [0.05, 0.1) is 6.61 Å². The minimum atomic E-state index is -1.64. The highest BCUT2D eigenvalue weighted by Gasteiger charge is 1.91. The lowest BCUT2D eigenvalue weighted by Crippen LogP contribution is -1.92. The lowest BCUT2D eigenvalue weighted by atomic mass is 10.4. The fourth-order valence-electron chi connectivity index (χ4n) is 0.321. The Morgan fingerprint density at radius 1 is 1.44 bits per heavy atom. The monoisotopic (exact) mass is 190 g/mol. The number of rotatable bonds is 5. The normalized spacial score (nSPS) is 13.6. The molecule has 0 spiro atoms. The molecule has 0 N–H and O–H groups in total. The van der Waals surface area contributed by atoms with E-state index < -0.39 is 10.3 Å². The summed E-state index contributed by atoms with van der Waals surface area (Å²) in [5.74, 6) is 0.609. The summed E-state index contributed by atoms with van der Waals surface area (Å²) < 4.78 is 14.6. The molecule has 5 heteroatoms. The zero-order valence-corrected chi connectivity index (χ0v) is 7.14. The van der Waals surface area contributed by atoms with Crippen molar-refractivity contribution in [2.75, 3.05) is 12.5 Å². The molecule has 2 nitrogen and oxygen atoms in total. The van der Waals surface area contributed by atoms with E-state index >= 15 is 0 Å². The Kier molecular flexibility index (Phi) is 7.33. The molecule has 0 bridgehead atoms. The van der Waals surface area contributed by atoms with E-state index in [1.807, 2.05) is 0 Å². The Morgan fingerprint density at radius 3 is 2.56 bits per heavy atom. The highest BCUT2D eigenvalue weighted by molar-refractivity contribution is 8.04. The molecule has 0 radical (unpaired) electrons. The minimum Gasteiger partial charge on any atom is -0.278 e. The Morgan fingerprint density at radius 2 is 2.11 bits per heavy atom. The van der Waals surface area contributed by atoms with Gasteiger partial charge in [-0.15, -0.1) is 11.6 Å². The highest BCUT2D eigenvalue weighted by atomic mass is 35.7. The Labute approximate surface area is 66.6 Å². The van der Waals surface area contributed by atoms with Gasteiger partial charge in [-0.2, -0.15) is 0 Å². The first-order valence-electron chi connectivity index (χ1n) is 2.54. The van der Waals surface area contributed by atoms with Crippen LogP contribution in [0.5, 0.6) is 0 Å². The molecule has 0 saturated heterocycles. The van der Waals surface area contributed by atoms with Crippen LogP contribution in [0.15, 0.2) is 0 Å². The van der Waals surface area contributed by atoms with Gasteiger partial charge in [-0.25, -0.2) is 4.21 Å². The maximum Gasteiger partial charge on any atom is 0.255 e. The molecule has 0 amide bonds. The molecule has 1 unspecified atom stereocenters. The summed E-state index contributed by atoms with van der Waals surface area (Å²) in [5.41, 5.74) is 0. The summed E-state index contributed by atoms with van der Waals surface area (Å²) in [6.45, 7) is 0.419. The zero-order valence-electron chi connectivity index (χ0n) is 4.81. The predicted octanol–water partition coefficient (Wildman–Crippen LogP) is 1.84. The second kappa shape index (κ2) is 6.81. The highest BCUT2D eigenvalue weighted by Crippen LogP contribution is 1.96. The van der Waals surface area contributed by atoms with E-state index in [9.17, 15) is 4.21 Å². The van der Waals surface area contributed by atoms with Gasteiger partial charge < -0.3 is 0 Å². The van der Waals surface area contributed by atoms with Crippen LogP contribution in [-0.2, 0) is 14.5 Å². The molecule has 0 aliphatic rings. The number of unbranched alkanes of at least 4 members (excludes halogenated alkanes) is 1. The number of hydrogen-bond acceptors (Lipinski definition) is 2. The molecule has 0 aromatic rings. The first-order valence-corrected chi connectivity index (χ1v) is 4.98. The second-order valence-corrected chi connectivity index (χ2v) is 3.17. The van der Waals surface area contributed by atoms with Crippen LogP contribution in [0.4, 0.5) is 0 Å². The largest absolute Gasteiger partial charge is 0.278 e. The fraction of sp³-hybridized carbons (Fsp3) is 1.00. The lowest BCUT2D eigenvalue weighted by Gasteiger charge is -1.94. The van der Waals surface area contributed by atoms with Crippen LogP contribution >= 0.6 is 22.3 Å². The summed E-state index contributed by atoms with van der Waals surface area (Å²) >= 11 is 5.35. The van der Waals surface area contributed by atoms with Gasteiger partial charge in [-0.3, -0.25) is 4.18 Å². The summed E-state index contributed by atoms with van der Waals surface area (Å²) in [6, 6.07) is 0.